The highest BCUT2D eigenvalue weighted by atomic mass is 16.4. The molecule has 0 unspecified atom stereocenters. The standard InChI is InChI=1S/C12H11NO3.C2H6/c1-7-9-3-2-8(13)6-11(9)16-12(15)10(7)4-5-14;1-2/h2-3,5-6H,4,13H2,1H3;1-2H3. The van der Waals surface area contributed by atoms with E-state index in [9.17, 15) is 9.59 Å². The smallest absolute Gasteiger partial charge is 0.340 e. The molecule has 4 heteroatoms. The van der Waals surface area contributed by atoms with Crippen LogP contribution in [0.1, 0.15) is 25.0 Å². The summed E-state index contributed by atoms with van der Waals surface area (Å²) in [4.78, 5) is 22.1. The molecule has 0 aliphatic carbocycles. The van der Waals surface area contributed by atoms with Gasteiger partial charge in [0.1, 0.15) is 11.9 Å². The molecule has 0 saturated heterocycles. The molecular formula is C14H17NO3. The fourth-order valence-corrected chi connectivity index (χ4v) is 1.73. The predicted octanol–water partition coefficient (Wildman–Crippen LogP) is 2.45. The predicted molar refractivity (Wildman–Crippen MR) is 72.7 cm³/mol. The van der Waals surface area contributed by atoms with Gasteiger partial charge < -0.3 is 14.9 Å². The number of nitrogens with two attached hydrogens (primary N) is 1. The zero-order chi connectivity index (χ0) is 13.7. The van der Waals surface area contributed by atoms with Crippen molar-refractivity contribution in [3.63, 3.8) is 0 Å². The molecule has 2 rings (SSSR count). The molecule has 1 heterocycles. The average molecular weight is 247 g/mol. The van der Waals surface area contributed by atoms with E-state index < -0.39 is 5.63 Å². The lowest BCUT2D eigenvalue weighted by Gasteiger charge is -2.05. The largest absolute Gasteiger partial charge is 0.422 e. The molecular weight excluding hydrogens is 230 g/mol. The highest BCUT2D eigenvalue weighted by molar-refractivity contribution is 5.84. The number of aryl methyl sites for hydroxylation is 1. The molecule has 18 heavy (non-hydrogen) atoms. The van der Waals surface area contributed by atoms with Crippen molar-refractivity contribution in [3.8, 4) is 0 Å². The van der Waals surface area contributed by atoms with E-state index in [1.165, 1.54) is 0 Å². The number of hydrogen-bond acceptors (Lipinski definition) is 4. The first kappa shape index (κ1) is 14.0. The Hall–Kier alpha value is -2.10. The fraction of sp³-hybridized carbons (Fsp3) is 0.286. The minimum absolute atomic E-state index is 0.0779. The van der Waals surface area contributed by atoms with Crippen LogP contribution in [0.3, 0.4) is 0 Å². The zero-order valence-electron chi connectivity index (χ0n) is 10.8. The number of carbonyl (C=O) groups excluding carboxylic acids is 1. The van der Waals surface area contributed by atoms with E-state index in [1.54, 1.807) is 25.1 Å². The molecule has 0 fully saturated rings. The Bertz CT molecular complexity index is 614. The number of nitrogen functional groups attached to an aromatic ring is 1. The number of hydrogen-bond donors (Lipinski definition) is 1. The van der Waals surface area contributed by atoms with E-state index in [4.69, 9.17) is 10.2 Å². The van der Waals surface area contributed by atoms with Crippen LogP contribution in [0.25, 0.3) is 11.0 Å². The summed E-state index contributed by atoms with van der Waals surface area (Å²) < 4.78 is 5.11. The maximum Gasteiger partial charge on any atom is 0.340 e. The van der Waals surface area contributed by atoms with Gasteiger partial charge in [0, 0.05) is 29.1 Å². The monoisotopic (exact) mass is 247 g/mol. The van der Waals surface area contributed by atoms with Crippen molar-refractivity contribution < 1.29 is 9.21 Å². The molecule has 4 nitrogen and oxygen atoms in total. The summed E-state index contributed by atoms with van der Waals surface area (Å²) in [6, 6.07) is 5.13. The lowest BCUT2D eigenvalue weighted by atomic mass is 10.0. The van der Waals surface area contributed by atoms with Gasteiger partial charge in [-0.2, -0.15) is 0 Å². The van der Waals surface area contributed by atoms with Gasteiger partial charge in [-0.15, -0.1) is 0 Å². The van der Waals surface area contributed by atoms with Crippen LogP contribution in [0.5, 0.6) is 0 Å². The Morgan fingerprint density at radius 1 is 1.33 bits per heavy atom. The lowest BCUT2D eigenvalue weighted by Crippen LogP contribution is -2.10. The summed E-state index contributed by atoms with van der Waals surface area (Å²) in [6.07, 6.45) is 0.775. The van der Waals surface area contributed by atoms with Gasteiger partial charge in [-0.25, -0.2) is 4.79 Å². The van der Waals surface area contributed by atoms with Gasteiger partial charge in [0.05, 0.1) is 0 Å². The first-order valence-electron chi connectivity index (χ1n) is 5.89. The minimum Gasteiger partial charge on any atom is -0.422 e. The number of rotatable bonds is 2. The Morgan fingerprint density at radius 2 is 2.00 bits per heavy atom. The maximum atomic E-state index is 11.6. The van der Waals surface area contributed by atoms with Crippen LogP contribution in [-0.2, 0) is 11.2 Å². The van der Waals surface area contributed by atoms with Crippen molar-refractivity contribution in [2.45, 2.75) is 27.2 Å². The molecule has 0 atom stereocenters. The van der Waals surface area contributed by atoms with Crippen LogP contribution in [0, 0.1) is 6.92 Å². The fourth-order valence-electron chi connectivity index (χ4n) is 1.73. The highest BCUT2D eigenvalue weighted by Gasteiger charge is 2.10. The maximum absolute atomic E-state index is 11.6. The van der Waals surface area contributed by atoms with Gasteiger partial charge in [0.25, 0.3) is 0 Å². The zero-order valence-corrected chi connectivity index (χ0v) is 10.8. The van der Waals surface area contributed by atoms with E-state index in [1.807, 2.05) is 13.8 Å². The molecule has 0 aliphatic heterocycles. The highest BCUT2D eigenvalue weighted by Crippen LogP contribution is 2.21. The van der Waals surface area contributed by atoms with Crippen LogP contribution in [0.2, 0.25) is 0 Å². The van der Waals surface area contributed by atoms with Gasteiger partial charge >= 0.3 is 5.63 Å². The third-order valence-corrected chi connectivity index (χ3v) is 2.60. The van der Waals surface area contributed by atoms with Crippen molar-refractivity contribution in [2.75, 3.05) is 5.73 Å². The summed E-state index contributed by atoms with van der Waals surface area (Å²) in [5.41, 5.74) is 7.31. The molecule has 0 saturated carbocycles. The molecule has 0 amide bonds. The molecule has 96 valence electrons. The molecule has 2 aromatic rings. The van der Waals surface area contributed by atoms with Gasteiger partial charge in [-0.1, -0.05) is 13.8 Å². The Balaban J connectivity index is 0.000000771. The van der Waals surface area contributed by atoms with Crippen molar-refractivity contribution in [2.24, 2.45) is 0 Å². The third-order valence-electron chi connectivity index (χ3n) is 2.60. The summed E-state index contributed by atoms with van der Waals surface area (Å²) in [5, 5.41) is 0.811. The number of anilines is 1. The third kappa shape index (κ3) is 2.59. The molecule has 1 aromatic carbocycles. The van der Waals surface area contributed by atoms with Gasteiger partial charge in [0.15, 0.2) is 0 Å². The number of carbonyl (C=O) groups is 1. The molecule has 0 radical (unpaired) electrons. The normalized spacial score (nSPS) is 9.72. The summed E-state index contributed by atoms with van der Waals surface area (Å²) in [6.45, 7) is 5.80. The molecule has 0 bridgehead atoms. The first-order valence-corrected chi connectivity index (χ1v) is 5.89. The van der Waals surface area contributed by atoms with Gasteiger partial charge in [-0.05, 0) is 24.6 Å². The molecule has 0 spiro atoms. The second-order valence-electron chi connectivity index (χ2n) is 3.62. The average Bonchev–Trinajstić information content (AvgIpc) is 2.36. The van der Waals surface area contributed by atoms with Crippen molar-refractivity contribution in [1.29, 1.82) is 0 Å². The topological polar surface area (TPSA) is 73.3 Å². The lowest BCUT2D eigenvalue weighted by molar-refractivity contribution is -0.107. The Morgan fingerprint density at radius 3 is 2.61 bits per heavy atom. The molecule has 0 aliphatic rings. The van der Waals surface area contributed by atoms with Crippen LogP contribution >= 0.6 is 0 Å². The number of benzene rings is 1. The minimum atomic E-state index is -0.470. The second-order valence-corrected chi connectivity index (χ2v) is 3.62. The van der Waals surface area contributed by atoms with Crippen molar-refractivity contribution in [1.82, 2.24) is 0 Å². The van der Waals surface area contributed by atoms with E-state index in [2.05, 4.69) is 0 Å². The van der Waals surface area contributed by atoms with Gasteiger partial charge in [-0.3, -0.25) is 0 Å². The molecule has 1 aromatic heterocycles. The SMILES string of the molecule is CC.Cc1c(CC=O)c(=O)oc2cc(N)ccc12. The molecule has 2 N–H and O–H groups in total. The van der Waals surface area contributed by atoms with Gasteiger partial charge in [0.2, 0.25) is 0 Å². The van der Waals surface area contributed by atoms with Crippen LogP contribution < -0.4 is 11.4 Å². The van der Waals surface area contributed by atoms with E-state index in [-0.39, 0.29) is 6.42 Å². The van der Waals surface area contributed by atoms with Crippen molar-refractivity contribution >= 4 is 22.9 Å². The van der Waals surface area contributed by atoms with Crippen LogP contribution in [0.4, 0.5) is 5.69 Å². The van der Waals surface area contributed by atoms with E-state index >= 15 is 0 Å². The summed E-state index contributed by atoms with van der Waals surface area (Å²) >= 11 is 0. The quantitative estimate of drug-likeness (QED) is 0.502. The first-order chi connectivity index (χ1) is 8.63. The summed E-state index contributed by atoms with van der Waals surface area (Å²) in [5.74, 6) is 0. The Kier molecular flexibility index (Phi) is 4.66. The second kappa shape index (κ2) is 6.00. The Labute approximate surface area is 105 Å². The van der Waals surface area contributed by atoms with Crippen molar-refractivity contribution in [3.05, 3.63) is 39.7 Å². The number of fused-ring (bicyclic) bond motifs is 1. The van der Waals surface area contributed by atoms with E-state index in [0.717, 1.165) is 10.9 Å². The van der Waals surface area contributed by atoms with E-state index in [0.29, 0.717) is 23.1 Å². The van der Waals surface area contributed by atoms with Crippen LogP contribution in [0.15, 0.2) is 27.4 Å². The number of aldehydes is 1. The van der Waals surface area contributed by atoms with Crippen LogP contribution in [-0.4, -0.2) is 6.29 Å². The summed E-state index contributed by atoms with van der Waals surface area (Å²) in [7, 11) is 0.